The molecule has 1 amide bonds. The molecule has 1 unspecified atom stereocenters. The lowest BCUT2D eigenvalue weighted by molar-refractivity contribution is -0.145. The highest BCUT2D eigenvalue weighted by Crippen LogP contribution is 2.09. The van der Waals surface area contributed by atoms with Gasteiger partial charge in [-0.2, -0.15) is 0 Å². The van der Waals surface area contributed by atoms with Gasteiger partial charge in [-0.05, 0) is 54.4 Å². The van der Waals surface area contributed by atoms with E-state index in [0.29, 0.717) is 0 Å². The molecule has 1 N–H and O–H groups in total. The lowest BCUT2D eigenvalue weighted by Crippen LogP contribution is -2.45. The molecule has 142 valence electrons. The Balaban J connectivity index is 1.97. The van der Waals surface area contributed by atoms with Crippen LogP contribution in [0.2, 0.25) is 0 Å². The van der Waals surface area contributed by atoms with E-state index in [0.717, 1.165) is 24.3 Å². The van der Waals surface area contributed by atoms with Gasteiger partial charge in [-0.1, -0.05) is 13.8 Å². The topological polar surface area (TPSA) is 72.5 Å². The largest absolute Gasteiger partial charge is 0.456 e. The number of rotatable bonds is 7. The zero-order valence-corrected chi connectivity index (χ0v) is 14.9. The number of ketones is 1. The molecule has 0 radical (unpaired) electrons. The molecular formula is C20H19F2NO4. The lowest BCUT2D eigenvalue weighted by Gasteiger charge is -2.20. The summed E-state index contributed by atoms with van der Waals surface area (Å²) in [5, 5.41) is 2.53. The molecule has 5 nitrogen and oxygen atoms in total. The van der Waals surface area contributed by atoms with E-state index in [9.17, 15) is 23.2 Å². The van der Waals surface area contributed by atoms with Crippen molar-refractivity contribution in [2.24, 2.45) is 5.92 Å². The highest BCUT2D eigenvalue weighted by atomic mass is 19.1. The van der Waals surface area contributed by atoms with Crippen molar-refractivity contribution >= 4 is 17.7 Å². The maximum atomic E-state index is 12.9. The summed E-state index contributed by atoms with van der Waals surface area (Å²) >= 11 is 0. The van der Waals surface area contributed by atoms with Gasteiger partial charge < -0.3 is 10.1 Å². The Labute approximate surface area is 155 Å². The van der Waals surface area contributed by atoms with Gasteiger partial charge in [0.15, 0.2) is 12.4 Å². The molecule has 0 aliphatic rings. The van der Waals surface area contributed by atoms with E-state index in [-0.39, 0.29) is 17.0 Å². The first-order chi connectivity index (χ1) is 12.8. The fraction of sp³-hybridized carbons (Fsp3) is 0.250. The molecule has 1 atom stereocenters. The van der Waals surface area contributed by atoms with Gasteiger partial charge in [0.05, 0.1) is 0 Å². The van der Waals surface area contributed by atoms with E-state index in [1.165, 1.54) is 24.3 Å². The van der Waals surface area contributed by atoms with E-state index in [1.807, 2.05) is 0 Å². The predicted octanol–water partition coefficient (Wildman–Crippen LogP) is 3.15. The zero-order chi connectivity index (χ0) is 20.0. The number of nitrogens with one attached hydrogen (secondary N) is 1. The van der Waals surface area contributed by atoms with Crippen LogP contribution < -0.4 is 5.32 Å². The van der Waals surface area contributed by atoms with Crippen LogP contribution in [0.1, 0.15) is 34.6 Å². The Morgan fingerprint density at radius 3 is 1.85 bits per heavy atom. The molecule has 0 saturated carbocycles. The van der Waals surface area contributed by atoms with Crippen molar-refractivity contribution in [3.63, 3.8) is 0 Å². The number of carbonyl (C=O) groups is 3. The van der Waals surface area contributed by atoms with Gasteiger partial charge >= 0.3 is 5.97 Å². The van der Waals surface area contributed by atoms with Crippen LogP contribution in [-0.2, 0) is 9.53 Å². The first-order valence-electron chi connectivity index (χ1n) is 8.29. The third-order valence-electron chi connectivity index (χ3n) is 3.83. The number of hydrogen-bond acceptors (Lipinski definition) is 4. The molecular weight excluding hydrogens is 356 g/mol. The number of carbonyl (C=O) groups excluding carboxylic acids is 3. The number of esters is 1. The zero-order valence-electron chi connectivity index (χ0n) is 14.9. The minimum Gasteiger partial charge on any atom is -0.456 e. The van der Waals surface area contributed by atoms with Gasteiger partial charge in [0.1, 0.15) is 17.7 Å². The highest BCUT2D eigenvalue weighted by Gasteiger charge is 2.27. The number of halogens is 2. The quantitative estimate of drug-likeness (QED) is 0.596. The van der Waals surface area contributed by atoms with E-state index in [2.05, 4.69) is 5.32 Å². The molecule has 2 aromatic rings. The Hall–Kier alpha value is -3.09. The van der Waals surface area contributed by atoms with Crippen LogP contribution in [0.3, 0.4) is 0 Å². The van der Waals surface area contributed by atoms with Crippen molar-refractivity contribution in [2.75, 3.05) is 6.61 Å². The third kappa shape index (κ3) is 5.70. The summed E-state index contributed by atoms with van der Waals surface area (Å²) < 4.78 is 30.8. The summed E-state index contributed by atoms with van der Waals surface area (Å²) in [5.74, 6) is -3.08. The molecule has 0 aliphatic carbocycles. The molecule has 27 heavy (non-hydrogen) atoms. The molecule has 0 heterocycles. The second-order valence-corrected chi connectivity index (χ2v) is 6.24. The smallest absolute Gasteiger partial charge is 0.329 e. The summed E-state index contributed by atoms with van der Waals surface area (Å²) in [6.45, 7) is 2.89. The monoisotopic (exact) mass is 375 g/mol. The summed E-state index contributed by atoms with van der Waals surface area (Å²) in [4.78, 5) is 36.5. The second-order valence-electron chi connectivity index (χ2n) is 6.24. The van der Waals surface area contributed by atoms with Gasteiger partial charge in [-0.25, -0.2) is 13.6 Å². The molecule has 0 aliphatic heterocycles. The van der Waals surface area contributed by atoms with Crippen LogP contribution in [0.15, 0.2) is 48.5 Å². The molecule has 0 spiro atoms. The molecule has 2 aromatic carbocycles. The Kier molecular flexibility index (Phi) is 6.76. The average Bonchev–Trinajstić information content (AvgIpc) is 2.64. The normalized spacial score (nSPS) is 11.7. The van der Waals surface area contributed by atoms with Crippen molar-refractivity contribution in [2.45, 2.75) is 19.9 Å². The van der Waals surface area contributed by atoms with Gasteiger partial charge in [0.25, 0.3) is 5.91 Å². The van der Waals surface area contributed by atoms with E-state index in [1.54, 1.807) is 13.8 Å². The molecule has 2 rings (SSSR count). The summed E-state index contributed by atoms with van der Waals surface area (Å²) in [6, 6.07) is 8.74. The Morgan fingerprint density at radius 2 is 1.37 bits per heavy atom. The maximum Gasteiger partial charge on any atom is 0.329 e. The van der Waals surface area contributed by atoms with Crippen molar-refractivity contribution in [3.05, 3.63) is 71.3 Å². The van der Waals surface area contributed by atoms with Crippen LogP contribution in [0.4, 0.5) is 8.78 Å². The van der Waals surface area contributed by atoms with Crippen LogP contribution in [0.5, 0.6) is 0 Å². The van der Waals surface area contributed by atoms with Crippen molar-refractivity contribution < 1.29 is 27.9 Å². The molecule has 0 aromatic heterocycles. The molecule has 0 bridgehead atoms. The number of amides is 1. The summed E-state index contributed by atoms with van der Waals surface area (Å²) in [7, 11) is 0. The van der Waals surface area contributed by atoms with Crippen molar-refractivity contribution in [1.29, 1.82) is 0 Å². The standard InChI is InChI=1S/C20H19F2NO4/c1-12(2)18(23-19(25)14-5-9-16(22)10-6-14)20(26)27-11-17(24)13-3-7-15(21)8-4-13/h3-10,12,18H,11H2,1-2H3,(H,23,25). The molecule has 7 heteroatoms. The molecule has 0 fully saturated rings. The van der Waals surface area contributed by atoms with Crippen LogP contribution in [0.25, 0.3) is 0 Å². The van der Waals surface area contributed by atoms with E-state index < -0.39 is 41.9 Å². The maximum absolute atomic E-state index is 12.9. The van der Waals surface area contributed by atoms with Crippen LogP contribution in [-0.4, -0.2) is 30.3 Å². The van der Waals surface area contributed by atoms with Gasteiger partial charge in [-0.3, -0.25) is 9.59 Å². The Morgan fingerprint density at radius 1 is 0.889 bits per heavy atom. The highest BCUT2D eigenvalue weighted by molar-refractivity contribution is 5.99. The minimum absolute atomic E-state index is 0.192. The molecule has 0 saturated heterocycles. The first-order valence-corrected chi connectivity index (χ1v) is 8.29. The SMILES string of the molecule is CC(C)C(NC(=O)c1ccc(F)cc1)C(=O)OCC(=O)c1ccc(F)cc1. The fourth-order valence-electron chi connectivity index (χ4n) is 2.27. The fourth-order valence-corrected chi connectivity index (χ4v) is 2.27. The minimum atomic E-state index is -0.983. The van der Waals surface area contributed by atoms with Crippen LogP contribution in [0, 0.1) is 17.6 Å². The summed E-state index contributed by atoms with van der Waals surface area (Å²) in [5.41, 5.74) is 0.401. The predicted molar refractivity (Wildman–Crippen MR) is 94.2 cm³/mol. The number of ether oxygens (including phenoxy) is 1. The third-order valence-corrected chi connectivity index (χ3v) is 3.83. The van der Waals surface area contributed by atoms with Gasteiger partial charge in [0, 0.05) is 11.1 Å². The van der Waals surface area contributed by atoms with Crippen molar-refractivity contribution in [1.82, 2.24) is 5.32 Å². The summed E-state index contributed by atoms with van der Waals surface area (Å²) in [6.07, 6.45) is 0. The second kappa shape index (κ2) is 9.02. The average molecular weight is 375 g/mol. The van der Waals surface area contributed by atoms with E-state index in [4.69, 9.17) is 4.74 Å². The first kappa shape index (κ1) is 20.2. The number of hydrogen-bond donors (Lipinski definition) is 1. The van der Waals surface area contributed by atoms with Crippen LogP contribution >= 0.6 is 0 Å². The van der Waals surface area contributed by atoms with Crippen molar-refractivity contribution in [3.8, 4) is 0 Å². The van der Waals surface area contributed by atoms with Gasteiger partial charge in [-0.15, -0.1) is 0 Å². The Bertz CT molecular complexity index is 817. The lowest BCUT2D eigenvalue weighted by atomic mass is 10.0. The van der Waals surface area contributed by atoms with Gasteiger partial charge in [0.2, 0.25) is 0 Å². The van der Waals surface area contributed by atoms with E-state index >= 15 is 0 Å². The number of benzene rings is 2. The number of Topliss-reactive ketones (excluding diaryl/α,β-unsaturated/α-hetero) is 1.